The van der Waals surface area contributed by atoms with Crippen molar-refractivity contribution in [2.45, 2.75) is 18.7 Å². The molecule has 1 saturated heterocycles. The Hall–Kier alpha value is -2.16. The van der Waals surface area contributed by atoms with E-state index in [0.717, 1.165) is 0 Å². The maximum absolute atomic E-state index is 12.8. The van der Waals surface area contributed by atoms with E-state index in [1.807, 2.05) is 13.8 Å². The molecule has 0 saturated carbocycles. The Kier molecular flexibility index (Phi) is 7.38. The number of nitrogens with zero attached hydrogens (tertiary/aromatic N) is 1. The highest BCUT2D eigenvalue weighted by Gasteiger charge is 2.27. The maximum Gasteiger partial charge on any atom is 0.248 e. The molecule has 1 aromatic rings. The molecule has 7 nitrogen and oxygen atoms in total. The van der Waals surface area contributed by atoms with Gasteiger partial charge in [-0.1, -0.05) is 18.2 Å². The van der Waals surface area contributed by atoms with Crippen molar-refractivity contribution in [3.8, 4) is 5.75 Å². The minimum atomic E-state index is -3.66. The minimum absolute atomic E-state index is 0.107. The molecule has 26 heavy (non-hydrogen) atoms. The quantitative estimate of drug-likeness (QED) is 0.579. The fraction of sp³-hybridized carbons (Fsp3) is 0.389. The highest BCUT2D eigenvalue weighted by Crippen LogP contribution is 2.29. The molecule has 0 radical (unpaired) electrons. The van der Waals surface area contributed by atoms with E-state index in [1.165, 1.54) is 22.5 Å². The van der Waals surface area contributed by atoms with Gasteiger partial charge in [-0.15, -0.1) is 0 Å². The molecule has 0 atom stereocenters. The van der Waals surface area contributed by atoms with Crippen molar-refractivity contribution in [3.05, 3.63) is 42.5 Å². The lowest BCUT2D eigenvalue weighted by molar-refractivity contribution is -0.111. The smallest absolute Gasteiger partial charge is 0.248 e. The zero-order valence-corrected chi connectivity index (χ0v) is 15.8. The van der Waals surface area contributed by atoms with E-state index in [4.69, 9.17) is 9.47 Å². The topological polar surface area (TPSA) is 84.9 Å². The zero-order valence-electron chi connectivity index (χ0n) is 15.0. The lowest BCUT2D eigenvalue weighted by atomic mass is 10.3. The summed E-state index contributed by atoms with van der Waals surface area (Å²) in [6, 6.07) is 4.47. The maximum atomic E-state index is 12.8. The first-order valence-electron chi connectivity index (χ1n) is 8.44. The van der Waals surface area contributed by atoms with E-state index < -0.39 is 10.0 Å². The molecule has 1 aliphatic heterocycles. The SMILES string of the molecule is CC=CC=CC(=O)Nc1cc(S(=O)(=O)N2CCOCC2)ccc1OCC. The average Bonchev–Trinajstić information content (AvgIpc) is 2.64. The lowest BCUT2D eigenvalue weighted by Gasteiger charge is -2.26. The predicted molar refractivity (Wildman–Crippen MR) is 99.8 cm³/mol. The fourth-order valence-electron chi connectivity index (χ4n) is 2.41. The number of hydrogen-bond acceptors (Lipinski definition) is 5. The van der Waals surface area contributed by atoms with Crippen LogP contribution in [-0.4, -0.2) is 51.5 Å². The second kappa shape index (κ2) is 9.51. The third kappa shape index (κ3) is 5.17. The number of morpholine rings is 1. The van der Waals surface area contributed by atoms with Crippen LogP contribution in [0.1, 0.15) is 13.8 Å². The largest absolute Gasteiger partial charge is 0.492 e. The summed E-state index contributed by atoms with van der Waals surface area (Å²) in [6.45, 7) is 5.41. The molecule has 0 aliphatic carbocycles. The summed E-state index contributed by atoms with van der Waals surface area (Å²) in [4.78, 5) is 12.1. The van der Waals surface area contributed by atoms with Crippen LogP contribution in [0.4, 0.5) is 5.69 Å². The monoisotopic (exact) mass is 380 g/mol. The van der Waals surface area contributed by atoms with Gasteiger partial charge in [-0.3, -0.25) is 4.79 Å². The molecule has 142 valence electrons. The number of hydrogen-bond donors (Lipinski definition) is 1. The van der Waals surface area contributed by atoms with Crippen LogP contribution in [0.5, 0.6) is 5.75 Å². The molecule has 0 bridgehead atoms. The molecular weight excluding hydrogens is 356 g/mol. The first kappa shape index (κ1) is 20.2. The van der Waals surface area contributed by atoms with Gasteiger partial charge < -0.3 is 14.8 Å². The van der Waals surface area contributed by atoms with Crippen LogP contribution >= 0.6 is 0 Å². The standard InChI is InChI=1S/C18H24N2O5S/c1-3-5-6-7-18(21)19-16-14-15(8-9-17(16)25-4-2)26(22,23)20-10-12-24-13-11-20/h3,5-9,14H,4,10-13H2,1-2H3,(H,19,21). The molecule has 0 spiro atoms. The zero-order chi connectivity index (χ0) is 19.0. The van der Waals surface area contributed by atoms with Crippen molar-refractivity contribution in [3.63, 3.8) is 0 Å². The second-order valence-electron chi connectivity index (χ2n) is 5.48. The number of sulfonamides is 1. The van der Waals surface area contributed by atoms with Crippen LogP contribution in [0.15, 0.2) is 47.4 Å². The van der Waals surface area contributed by atoms with Gasteiger partial charge >= 0.3 is 0 Å². The van der Waals surface area contributed by atoms with Crippen LogP contribution < -0.4 is 10.1 Å². The molecule has 0 aromatic heterocycles. The van der Waals surface area contributed by atoms with Gasteiger partial charge in [0.15, 0.2) is 0 Å². The highest BCUT2D eigenvalue weighted by molar-refractivity contribution is 7.89. The number of amides is 1. The predicted octanol–water partition coefficient (Wildman–Crippen LogP) is 2.18. The van der Waals surface area contributed by atoms with E-state index in [0.29, 0.717) is 44.3 Å². The van der Waals surface area contributed by atoms with Gasteiger partial charge in [-0.2, -0.15) is 4.31 Å². The van der Waals surface area contributed by atoms with Crippen LogP contribution in [-0.2, 0) is 19.6 Å². The summed E-state index contributed by atoms with van der Waals surface area (Å²) in [5, 5.41) is 2.68. The Morgan fingerprint density at radius 2 is 2.04 bits per heavy atom. The van der Waals surface area contributed by atoms with Gasteiger partial charge in [0, 0.05) is 19.2 Å². The Morgan fingerprint density at radius 1 is 1.31 bits per heavy atom. The number of ether oxygens (including phenoxy) is 2. The summed E-state index contributed by atoms with van der Waals surface area (Å²) >= 11 is 0. The van der Waals surface area contributed by atoms with Gasteiger partial charge in [0.2, 0.25) is 15.9 Å². The van der Waals surface area contributed by atoms with Gasteiger partial charge in [0.25, 0.3) is 0 Å². The number of nitrogens with one attached hydrogen (secondary N) is 1. The van der Waals surface area contributed by atoms with Gasteiger partial charge in [-0.05, 0) is 32.0 Å². The molecule has 0 unspecified atom stereocenters. The van der Waals surface area contributed by atoms with E-state index in [-0.39, 0.29) is 10.8 Å². The number of benzene rings is 1. The summed E-state index contributed by atoms with van der Waals surface area (Å²) in [7, 11) is -3.66. The van der Waals surface area contributed by atoms with E-state index in [9.17, 15) is 13.2 Å². The van der Waals surface area contributed by atoms with Crippen LogP contribution in [0, 0.1) is 0 Å². The molecule has 1 heterocycles. The van der Waals surface area contributed by atoms with Gasteiger partial charge in [0.05, 0.1) is 30.4 Å². The minimum Gasteiger partial charge on any atom is -0.492 e. The molecule has 1 fully saturated rings. The molecule has 1 aliphatic rings. The second-order valence-corrected chi connectivity index (χ2v) is 7.42. The Labute approximate surface area is 154 Å². The summed E-state index contributed by atoms with van der Waals surface area (Å²) in [5.74, 6) is 0.0474. The van der Waals surface area contributed by atoms with E-state index in [1.54, 1.807) is 24.3 Å². The van der Waals surface area contributed by atoms with E-state index in [2.05, 4.69) is 5.32 Å². The van der Waals surface area contributed by atoms with Crippen molar-refractivity contribution in [1.29, 1.82) is 0 Å². The number of carbonyl (C=O) groups is 1. The third-order valence-corrected chi connectivity index (χ3v) is 5.56. The summed E-state index contributed by atoms with van der Waals surface area (Å²) in [6.07, 6.45) is 6.48. The fourth-order valence-corrected chi connectivity index (χ4v) is 3.85. The van der Waals surface area contributed by atoms with Gasteiger partial charge in [-0.25, -0.2) is 8.42 Å². The highest BCUT2D eigenvalue weighted by atomic mass is 32.2. The van der Waals surface area contributed by atoms with Crippen molar-refractivity contribution >= 4 is 21.6 Å². The first-order valence-corrected chi connectivity index (χ1v) is 9.88. The van der Waals surface area contributed by atoms with Crippen LogP contribution in [0.3, 0.4) is 0 Å². The molecule has 8 heteroatoms. The Morgan fingerprint density at radius 3 is 2.69 bits per heavy atom. The van der Waals surface area contributed by atoms with Crippen molar-refractivity contribution < 1.29 is 22.7 Å². The number of allylic oxidation sites excluding steroid dienone is 3. The molecule has 2 rings (SSSR count). The Balaban J connectivity index is 2.30. The third-order valence-electron chi connectivity index (χ3n) is 3.67. The number of carbonyl (C=O) groups excluding carboxylic acids is 1. The first-order chi connectivity index (χ1) is 12.5. The van der Waals surface area contributed by atoms with Crippen molar-refractivity contribution in [1.82, 2.24) is 4.31 Å². The van der Waals surface area contributed by atoms with Crippen LogP contribution in [0.25, 0.3) is 0 Å². The molecular formula is C18H24N2O5S. The Bertz CT molecular complexity index is 781. The van der Waals surface area contributed by atoms with Gasteiger partial charge in [0.1, 0.15) is 5.75 Å². The summed E-state index contributed by atoms with van der Waals surface area (Å²) in [5.41, 5.74) is 0.316. The molecule has 1 amide bonds. The lowest BCUT2D eigenvalue weighted by Crippen LogP contribution is -2.40. The molecule has 1 N–H and O–H groups in total. The average molecular weight is 380 g/mol. The normalized spacial score (nSPS) is 16.2. The number of anilines is 1. The van der Waals surface area contributed by atoms with Crippen molar-refractivity contribution in [2.75, 3.05) is 38.2 Å². The number of rotatable bonds is 7. The van der Waals surface area contributed by atoms with Crippen molar-refractivity contribution in [2.24, 2.45) is 0 Å². The summed E-state index contributed by atoms with van der Waals surface area (Å²) < 4.78 is 37.7. The molecule has 1 aromatic carbocycles. The van der Waals surface area contributed by atoms with E-state index >= 15 is 0 Å². The van der Waals surface area contributed by atoms with Crippen LogP contribution in [0.2, 0.25) is 0 Å².